The van der Waals surface area contributed by atoms with Gasteiger partial charge in [0.1, 0.15) is 5.60 Å². The molecule has 2 aromatic rings. The van der Waals surface area contributed by atoms with E-state index in [1.165, 1.54) is 22.3 Å². The van der Waals surface area contributed by atoms with E-state index in [2.05, 4.69) is 101 Å². The van der Waals surface area contributed by atoms with E-state index in [1.54, 1.807) is 4.90 Å². The number of hydrogen-bond donors (Lipinski definition) is 0. The van der Waals surface area contributed by atoms with Crippen LogP contribution >= 0.6 is 0 Å². The average molecular weight is 633 g/mol. The number of nitrogens with zero attached hydrogens (tertiary/aromatic N) is 2. The standard InChI is InChI=1S/C38H56N2O4Si/c1-27-13-11-15-31(28(27)2)25-40(32-20-21-32)35(41)34-26-39(36(42)44-37(3,4)5)23-22-33(34)30-18-16-29(17-19-30)14-12-24-43-45(9,10)38(6,7)8/h11,13,15-19,22,32,34H,12,14,20-21,23-26H2,1-10H3. The van der Waals surface area contributed by atoms with E-state index in [1.807, 2.05) is 20.8 Å². The van der Waals surface area contributed by atoms with Crippen LogP contribution in [0.1, 0.15) is 88.6 Å². The molecule has 4 rings (SSSR count). The Kier molecular flexibility index (Phi) is 10.8. The molecule has 45 heavy (non-hydrogen) atoms. The van der Waals surface area contributed by atoms with E-state index in [0.29, 0.717) is 19.6 Å². The lowest BCUT2D eigenvalue weighted by Gasteiger charge is -2.36. The van der Waals surface area contributed by atoms with Crippen molar-refractivity contribution < 1.29 is 18.8 Å². The molecule has 1 aliphatic heterocycles. The van der Waals surface area contributed by atoms with Crippen molar-refractivity contribution in [2.45, 2.75) is 117 Å². The van der Waals surface area contributed by atoms with Gasteiger partial charge in [0.25, 0.3) is 0 Å². The number of carbonyl (C=O) groups is 2. The molecule has 1 atom stereocenters. The summed E-state index contributed by atoms with van der Waals surface area (Å²) in [7, 11) is -1.74. The second kappa shape index (κ2) is 13.8. The summed E-state index contributed by atoms with van der Waals surface area (Å²) in [5, 5.41) is 0.212. The second-order valence-corrected chi connectivity index (χ2v) is 20.4. The van der Waals surface area contributed by atoms with E-state index < -0.39 is 19.8 Å². The summed E-state index contributed by atoms with van der Waals surface area (Å²) >= 11 is 0. The summed E-state index contributed by atoms with van der Waals surface area (Å²) in [5.41, 5.74) is 6.35. The van der Waals surface area contributed by atoms with Crippen molar-refractivity contribution in [3.8, 4) is 0 Å². The van der Waals surface area contributed by atoms with Crippen LogP contribution in [0.2, 0.25) is 18.1 Å². The maximum atomic E-state index is 14.5. The van der Waals surface area contributed by atoms with Crippen LogP contribution in [-0.4, -0.2) is 61.5 Å². The summed E-state index contributed by atoms with van der Waals surface area (Å²) in [6, 6.07) is 15.2. The van der Waals surface area contributed by atoms with Gasteiger partial charge in [-0.3, -0.25) is 4.79 Å². The van der Waals surface area contributed by atoms with Gasteiger partial charge in [0.05, 0.1) is 5.92 Å². The Bertz CT molecular complexity index is 1380. The van der Waals surface area contributed by atoms with Crippen molar-refractivity contribution in [3.05, 3.63) is 76.4 Å². The molecule has 0 saturated heterocycles. The minimum absolute atomic E-state index is 0.0877. The first-order valence-corrected chi connectivity index (χ1v) is 19.6. The van der Waals surface area contributed by atoms with Crippen molar-refractivity contribution in [2.75, 3.05) is 19.7 Å². The van der Waals surface area contributed by atoms with Gasteiger partial charge < -0.3 is 19.0 Å². The molecule has 0 spiro atoms. The number of benzene rings is 2. The smallest absolute Gasteiger partial charge is 0.410 e. The zero-order valence-electron chi connectivity index (χ0n) is 29.5. The molecule has 1 saturated carbocycles. The third-order valence-electron chi connectivity index (χ3n) is 9.75. The summed E-state index contributed by atoms with van der Waals surface area (Å²) in [6.45, 7) is 23.4. The maximum Gasteiger partial charge on any atom is 0.410 e. The molecule has 246 valence electrons. The zero-order chi connectivity index (χ0) is 33.2. The van der Waals surface area contributed by atoms with Gasteiger partial charge in [-0.15, -0.1) is 0 Å². The lowest BCUT2D eigenvalue weighted by Crippen LogP contribution is -2.48. The molecule has 6 nitrogen and oxygen atoms in total. The largest absolute Gasteiger partial charge is 0.444 e. The third-order valence-corrected chi connectivity index (χ3v) is 14.3. The highest BCUT2D eigenvalue weighted by molar-refractivity contribution is 6.74. The van der Waals surface area contributed by atoms with Gasteiger partial charge in [-0.2, -0.15) is 0 Å². The second-order valence-electron chi connectivity index (χ2n) is 15.6. The van der Waals surface area contributed by atoms with Crippen LogP contribution in [0.5, 0.6) is 0 Å². The van der Waals surface area contributed by atoms with Gasteiger partial charge in [0, 0.05) is 32.3 Å². The third kappa shape index (κ3) is 9.10. The summed E-state index contributed by atoms with van der Waals surface area (Å²) in [4.78, 5) is 31.4. The molecule has 2 aliphatic rings. The summed E-state index contributed by atoms with van der Waals surface area (Å²) in [6.07, 6.45) is 5.65. The monoisotopic (exact) mass is 632 g/mol. The molecule has 0 radical (unpaired) electrons. The lowest BCUT2D eigenvalue weighted by atomic mass is 9.87. The number of amides is 2. The minimum Gasteiger partial charge on any atom is -0.444 e. The minimum atomic E-state index is -1.74. The highest BCUT2D eigenvalue weighted by Gasteiger charge is 2.41. The molecule has 2 aromatic carbocycles. The fourth-order valence-corrected chi connectivity index (χ4v) is 6.66. The Hall–Kier alpha value is -2.90. The van der Waals surface area contributed by atoms with Crippen LogP contribution < -0.4 is 0 Å². The Labute approximate surface area is 273 Å². The molecule has 1 heterocycles. The van der Waals surface area contributed by atoms with Crippen LogP contribution in [0.3, 0.4) is 0 Å². The van der Waals surface area contributed by atoms with E-state index in [9.17, 15) is 9.59 Å². The first kappa shape index (κ1) is 35.0. The number of hydrogen-bond acceptors (Lipinski definition) is 4. The molecule has 7 heteroatoms. The van der Waals surface area contributed by atoms with Crippen LogP contribution in [0.4, 0.5) is 4.79 Å². The maximum absolute atomic E-state index is 14.5. The predicted octanol–water partition coefficient (Wildman–Crippen LogP) is 8.70. The first-order valence-electron chi connectivity index (χ1n) is 16.7. The molecule has 0 bridgehead atoms. The van der Waals surface area contributed by atoms with Crippen molar-refractivity contribution in [1.29, 1.82) is 0 Å². The van der Waals surface area contributed by atoms with Gasteiger partial charge in [-0.25, -0.2) is 4.79 Å². The van der Waals surface area contributed by atoms with Crippen LogP contribution in [0, 0.1) is 19.8 Å². The van der Waals surface area contributed by atoms with E-state index >= 15 is 0 Å². The Balaban J connectivity index is 1.54. The predicted molar refractivity (Wildman–Crippen MR) is 187 cm³/mol. The molecule has 2 amide bonds. The summed E-state index contributed by atoms with van der Waals surface area (Å²) in [5.74, 6) is -0.370. The molecular weight excluding hydrogens is 577 g/mol. The van der Waals surface area contributed by atoms with Gasteiger partial charge in [-0.1, -0.05) is 69.3 Å². The molecule has 1 aliphatic carbocycles. The Morgan fingerprint density at radius 2 is 1.64 bits per heavy atom. The number of carbonyl (C=O) groups excluding carboxylic acids is 2. The molecule has 0 aromatic heterocycles. The normalized spacial score (nSPS) is 17.6. The highest BCUT2D eigenvalue weighted by atomic mass is 28.4. The Morgan fingerprint density at radius 3 is 2.24 bits per heavy atom. The topological polar surface area (TPSA) is 59.1 Å². The molecule has 0 N–H and O–H groups in total. The van der Waals surface area contributed by atoms with E-state index in [4.69, 9.17) is 9.16 Å². The van der Waals surface area contributed by atoms with E-state index in [0.717, 1.165) is 43.4 Å². The average Bonchev–Trinajstić information content (AvgIpc) is 3.80. The number of aryl methyl sites for hydroxylation is 2. The van der Waals surface area contributed by atoms with Gasteiger partial charge in [-0.05, 0) is 112 Å². The fraction of sp³-hybridized carbons (Fsp3) is 0.579. The summed E-state index contributed by atoms with van der Waals surface area (Å²) < 4.78 is 12.1. The van der Waals surface area contributed by atoms with Crippen LogP contribution in [0.15, 0.2) is 48.5 Å². The van der Waals surface area contributed by atoms with Gasteiger partial charge >= 0.3 is 6.09 Å². The zero-order valence-corrected chi connectivity index (χ0v) is 30.5. The van der Waals surface area contributed by atoms with Crippen molar-refractivity contribution in [2.24, 2.45) is 5.92 Å². The van der Waals surface area contributed by atoms with Crippen molar-refractivity contribution >= 4 is 25.9 Å². The van der Waals surface area contributed by atoms with Crippen LogP contribution in [-0.2, 0) is 26.9 Å². The van der Waals surface area contributed by atoms with Crippen molar-refractivity contribution in [3.63, 3.8) is 0 Å². The van der Waals surface area contributed by atoms with Crippen LogP contribution in [0.25, 0.3) is 5.57 Å². The SMILES string of the molecule is Cc1cccc(CN(C(=O)C2CN(C(=O)OC(C)(C)C)CC=C2c2ccc(CCCO[Si](C)(C)C(C)(C)C)cc2)C2CC2)c1C. The quantitative estimate of drug-likeness (QED) is 0.194. The number of rotatable bonds is 10. The lowest BCUT2D eigenvalue weighted by molar-refractivity contribution is -0.135. The van der Waals surface area contributed by atoms with Gasteiger partial charge in [0.15, 0.2) is 8.32 Å². The Morgan fingerprint density at radius 1 is 0.978 bits per heavy atom. The van der Waals surface area contributed by atoms with Crippen molar-refractivity contribution in [1.82, 2.24) is 9.80 Å². The molecular formula is C38H56N2O4Si. The molecule has 1 unspecified atom stereocenters. The number of ether oxygens (including phenoxy) is 1. The van der Waals surface area contributed by atoms with Gasteiger partial charge in [0.2, 0.25) is 5.91 Å². The molecule has 1 fully saturated rings. The highest BCUT2D eigenvalue weighted by Crippen LogP contribution is 2.37. The first-order chi connectivity index (χ1) is 21.0. The van der Waals surface area contributed by atoms with E-state index in [-0.39, 0.29) is 23.1 Å². The fourth-order valence-electron chi connectivity index (χ4n) is 5.57.